The average molecular weight is 451 g/mol. The molecule has 2 aromatic heterocycles. The van der Waals surface area contributed by atoms with E-state index >= 15 is 0 Å². The quantitative estimate of drug-likeness (QED) is 0.468. The van der Waals surface area contributed by atoms with Gasteiger partial charge in [-0.25, -0.2) is 17.8 Å². The van der Waals surface area contributed by atoms with Crippen molar-refractivity contribution in [1.29, 1.82) is 0 Å². The molecule has 160 valence electrons. The number of rotatable bonds is 8. The fourth-order valence-electron chi connectivity index (χ4n) is 2.78. The molecule has 10 heteroatoms. The van der Waals surface area contributed by atoms with Gasteiger partial charge in [-0.15, -0.1) is 0 Å². The van der Waals surface area contributed by atoms with Crippen molar-refractivity contribution in [2.24, 2.45) is 0 Å². The first-order valence-electron chi connectivity index (χ1n) is 9.49. The Bertz CT molecular complexity index is 1110. The first-order chi connectivity index (χ1) is 14.3. The molecule has 0 saturated carbocycles. The number of thioether (sulfide) groups is 1. The summed E-state index contributed by atoms with van der Waals surface area (Å²) < 4.78 is 45.6. The van der Waals surface area contributed by atoms with Crippen LogP contribution in [0.4, 0.5) is 4.39 Å². The highest BCUT2D eigenvalue weighted by molar-refractivity contribution is 7.99. The van der Waals surface area contributed by atoms with Crippen LogP contribution in [0.2, 0.25) is 0 Å². The van der Waals surface area contributed by atoms with Crippen LogP contribution in [-0.4, -0.2) is 40.9 Å². The molecule has 30 heavy (non-hydrogen) atoms. The summed E-state index contributed by atoms with van der Waals surface area (Å²) in [6.45, 7) is 7.95. The maximum Gasteiger partial charge on any atom is 0.244 e. The van der Waals surface area contributed by atoms with Crippen LogP contribution < -0.4 is 0 Å². The molecule has 3 rings (SSSR count). The topological polar surface area (TPSA) is 89.2 Å². The van der Waals surface area contributed by atoms with Crippen LogP contribution in [0.25, 0.3) is 11.4 Å². The summed E-state index contributed by atoms with van der Waals surface area (Å²) in [5.74, 6) is 0.354. The van der Waals surface area contributed by atoms with Crippen molar-refractivity contribution in [2.75, 3.05) is 13.1 Å². The monoisotopic (exact) mass is 450 g/mol. The normalized spacial score (nSPS) is 13.0. The van der Waals surface area contributed by atoms with Gasteiger partial charge in [-0.2, -0.15) is 9.29 Å². The van der Waals surface area contributed by atoms with E-state index in [1.807, 2.05) is 6.92 Å². The summed E-state index contributed by atoms with van der Waals surface area (Å²) in [5.41, 5.74) is 1.08. The third-order valence-corrected chi connectivity index (χ3v) is 7.64. The van der Waals surface area contributed by atoms with Gasteiger partial charge in [0.05, 0.1) is 10.3 Å². The molecule has 0 amide bonds. The van der Waals surface area contributed by atoms with Crippen LogP contribution in [0.15, 0.2) is 51.0 Å². The van der Waals surface area contributed by atoms with Gasteiger partial charge in [-0.1, -0.05) is 42.9 Å². The lowest BCUT2D eigenvalue weighted by molar-refractivity contribution is 0.380. The molecular weight excluding hydrogens is 427 g/mol. The lowest BCUT2D eigenvalue weighted by atomic mass is 10.1. The number of sulfonamides is 1. The van der Waals surface area contributed by atoms with Gasteiger partial charge >= 0.3 is 0 Å². The number of benzene rings is 1. The highest BCUT2D eigenvalue weighted by atomic mass is 32.2. The molecule has 3 aromatic rings. The van der Waals surface area contributed by atoms with E-state index in [1.54, 1.807) is 45.0 Å². The fourth-order valence-corrected chi connectivity index (χ4v) is 5.01. The molecule has 1 aromatic carbocycles. The Kier molecular flexibility index (Phi) is 6.89. The molecule has 0 aliphatic carbocycles. The second kappa shape index (κ2) is 9.23. The minimum Gasteiger partial charge on any atom is -0.338 e. The van der Waals surface area contributed by atoms with Gasteiger partial charge in [0.25, 0.3) is 0 Å². The molecule has 7 nitrogen and oxygen atoms in total. The third-order valence-electron chi connectivity index (χ3n) is 4.57. The number of hydrogen-bond acceptors (Lipinski definition) is 7. The van der Waals surface area contributed by atoms with Gasteiger partial charge in [-0.05, 0) is 37.6 Å². The van der Waals surface area contributed by atoms with Crippen molar-refractivity contribution in [3.63, 3.8) is 0 Å². The Morgan fingerprint density at radius 1 is 1.20 bits per heavy atom. The lowest BCUT2D eigenvalue weighted by Gasteiger charge is -2.18. The van der Waals surface area contributed by atoms with Crippen LogP contribution in [-0.2, 0) is 10.0 Å². The smallest absolute Gasteiger partial charge is 0.244 e. The molecule has 0 spiro atoms. The summed E-state index contributed by atoms with van der Waals surface area (Å²) in [6.07, 6.45) is 1.36. The SMILES string of the molecule is CCN(CC)S(=O)(=O)c1ccc(SC(C)c2nc(-c3ccc(C)c(F)c3)no2)nc1. The van der Waals surface area contributed by atoms with Crippen LogP contribution in [0.1, 0.15) is 37.5 Å². The number of hydrogen-bond donors (Lipinski definition) is 0. The maximum absolute atomic E-state index is 13.8. The van der Waals surface area contributed by atoms with Crippen molar-refractivity contribution in [3.05, 3.63) is 53.8 Å². The maximum atomic E-state index is 13.8. The van der Waals surface area contributed by atoms with Gasteiger partial charge in [-0.3, -0.25) is 0 Å². The Morgan fingerprint density at radius 2 is 1.93 bits per heavy atom. The van der Waals surface area contributed by atoms with Gasteiger partial charge in [0.15, 0.2) is 0 Å². The first kappa shape index (κ1) is 22.4. The van der Waals surface area contributed by atoms with Crippen molar-refractivity contribution < 1.29 is 17.3 Å². The molecular formula is C20H23FN4O3S2. The molecule has 0 N–H and O–H groups in total. The average Bonchev–Trinajstić information content (AvgIpc) is 3.21. The second-order valence-electron chi connectivity index (χ2n) is 6.60. The van der Waals surface area contributed by atoms with Gasteiger partial charge in [0, 0.05) is 24.8 Å². The second-order valence-corrected chi connectivity index (χ2v) is 9.90. The zero-order valence-corrected chi connectivity index (χ0v) is 18.8. The van der Waals surface area contributed by atoms with Crippen molar-refractivity contribution in [1.82, 2.24) is 19.4 Å². The van der Waals surface area contributed by atoms with Gasteiger partial charge in [0.1, 0.15) is 10.7 Å². The Labute approximate surface area is 179 Å². The number of aryl methyl sites for hydroxylation is 1. The zero-order valence-electron chi connectivity index (χ0n) is 17.2. The van der Waals surface area contributed by atoms with E-state index < -0.39 is 10.0 Å². The fraction of sp³-hybridized carbons (Fsp3) is 0.350. The van der Waals surface area contributed by atoms with E-state index in [1.165, 1.54) is 28.3 Å². The molecule has 1 atom stereocenters. The minimum absolute atomic E-state index is 0.157. The summed E-state index contributed by atoms with van der Waals surface area (Å²) in [4.78, 5) is 8.78. The van der Waals surface area contributed by atoms with Crippen molar-refractivity contribution in [2.45, 2.75) is 42.9 Å². The minimum atomic E-state index is -3.54. The summed E-state index contributed by atoms with van der Waals surface area (Å²) >= 11 is 1.36. The van der Waals surface area contributed by atoms with E-state index in [0.717, 1.165) is 0 Å². The first-order valence-corrected chi connectivity index (χ1v) is 11.8. The number of nitrogens with zero attached hydrogens (tertiary/aromatic N) is 4. The van der Waals surface area contributed by atoms with Crippen LogP contribution >= 0.6 is 11.8 Å². The Balaban J connectivity index is 1.73. The highest BCUT2D eigenvalue weighted by Gasteiger charge is 2.23. The van der Waals surface area contributed by atoms with Gasteiger partial charge in [0.2, 0.25) is 21.7 Å². The standard InChI is InChI=1S/C20H23FN4O3S2/c1-5-25(6-2)30(26,27)16-9-10-18(22-12-16)29-14(4)20-23-19(24-28-20)15-8-7-13(3)17(21)11-15/h7-12,14H,5-6H2,1-4H3. The number of aromatic nitrogens is 3. The number of halogens is 1. The zero-order chi connectivity index (χ0) is 21.9. The van der Waals surface area contributed by atoms with Crippen molar-refractivity contribution in [3.8, 4) is 11.4 Å². The molecule has 0 fully saturated rings. The van der Waals surface area contributed by atoms with Crippen molar-refractivity contribution >= 4 is 21.8 Å². The highest BCUT2D eigenvalue weighted by Crippen LogP contribution is 2.34. The van der Waals surface area contributed by atoms with Gasteiger partial charge < -0.3 is 4.52 Å². The Hall–Kier alpha value is -2.30. The van der Waals surface area contributed by atoms with Crippen LogP contribution in [0, 0.1) is 12.7 Å². The largest absolute Gasteiger partial charge is 0.338 e. The molecule has 0 aliphatic rings. The molecule has 0 aliphatic heterocycles. The van der Waals surface area contributed by atoms with E-state index in [4.69, 9.17) is 4.52 Å². The van der Waals surface area contributed by atoms with E-state index in [-0.39, 0.29) is 16.0 Å². The molecule has 2 heterocycles. The summed E-state index contributed by atoms with van der Waals surface area (Å²) in [7, 11) is -3.54. The lowest BCUT2D eigenvalue weighted by Crippen LogP contribution is -2.30. The molecule has 0 radical (unpaired) electrons. The number of pyridine rings is 1. The third kappa shape index (κ3) is 4.71. The van der Waals surface area contributed by atoms with E-state index in [9.17, 15) is 12.8 Å². The summed E-state index contributed by atoms with van der Waals surface area (Å²) in [5, 5.41) is 4.34. The van der Waals surface area contributed by atoms with E-state index in [0.29, 0.717) is 41.0 Å². The van der Waals surface area contributed by atoms with Crippen LogP contribution in [0.5, 0.6) is 0 Å². The van der Waals surface area contributed by atoms with E-state index in [2.05, 4.69) is 15.1 Å². The van der Waals surface area contributed by atoms with Crippen LogP contribution in [0.3, 0.4) is 0 Å². The Morgan fingerprint density at radius 3 is 2.53 bits per heavy atom. The molecule has 1 unspecified atom stereocenters. The molecule has 0 saturated heterocycles. The molecule has 0 bridgehead atoms. The predicted molar refractivity (Wildman–Crippen MR) is 113 cm³/mol. The predicted octanol–water partition coefficient (Wildman–Crippen LogP) is 4.46. The summed E-state index contributed by atoms with van der Waals surface area (Å²) in [6, 6.07) is 7.98.